The van der Waals surface area contributed by atoms with Gasteiger partial charge in [0.05, 0.1) is 21.3 Å². The van der Waals surface area contributed by atoms with E-state index in [-0.39, 0.29) is 30.5 Å². The number of ketones is 1. The minimum absolute atomic E-state index is 0.0121. The Labute approximate surface area is 180 Å². The Bertz CT molecular complexity index is 1000. The molecule has 1 aliphatic heterocycles. The number of halogens is 1. The van der Waals surface area contributed by atoms with Crippen LogP contribution in [0.1, 0.15) is 17.5 Å². The van der Waals surface area contributed by atoms with E-state index in [2.05, 4.69) is 0 Å². The van der Waals surface area contributed by atoms with Gasteiger partial charge in [-0.25, -0.2) is 4.39 Å². The number of hydrogen-bond donors (Lipinski definition) is 0. The van der Waals surface area contributed by atoms with Gasteiger partial charge >= 0.3 is 0 Å². The summed E-state index contributed by atoms with van der Waals surface area (Å²) in [6.07, 6.45) is 5.06. The van der Waals surface area contributed by atoms with Crippen LogP contribution in [0.15, 0.2) is 48.0 Å². The summed E-state index contributed by atoms with van der Waals surface area (Å²) in [5.41, 5.74) is 1.94. The van der Waals surface area contributed by atoms with Crippen LogP contribution in [-0.2, 0) is 9.59 Å². The molecule has 162 valence electrons. The maximum Gasteiger partial charge on any atom is 0.246 e. The fraction of sp³-hybridized carbons (Fsp3) is 0.250. The van der Waals surface area contributed by atoms with Crippen LogP contribution >= 0.6 is 0 Å². The van der Waals surface area contributed by atoms with Gasteiger partial charge < -0.3 is 19.1 Å². The summed E-state index contributed by atoms with van der Waals surface area (Å²) < 4.78 is 29.1. The van der Waals surface area contributed by atoms with Gasteiger partial charge in [-0.05, 0) is 47.5 Å². The molecule has 0 unspecified atom stereocenters. The van der Waals surface area contributed by atoms with E-state index in [9.17, 15) is 14.0 Å². The number of likely N-dealkylation sites (tertiary alicyclic amines) is 1. The first-order chi connectivity index (χ1) is 14.9. The maximum atomic E-state index is 13.1. The first-order valence-corrected chi connectivity index (χ1v) is 9.71. The summed E-state index contributed by atoms with van der Waals surface area (Å²) in [5, 5.41) is 0. The van der Waals surface area contributed by atoms with E-state index in [4.69, 9.17) is 14.2 Å². The fourth-order valence-corrected chi connectivity index (χ4v) is 3.31. The number of amides is 1. The van der Waals surface area contributed by atoms with Crippen LogP contribution in [0.25, 0.3) is 12.2 Å². The number of hydrogen-bond acceptors (Lipinski definition) is 5. The van der Waals surface area contributed by atoms with Gasteiger partial charge in [0.2, 0.25) is 11.7 Å². The summed E-state index contributed by atoms with van der Waals surface area (Å²) in [6, 6.07) is 9.35. The van der Waals surface area contributed by atoms with Crippen molar-refractivity contribution in [2.24, 2.45) is 0 Å². The molecule has 0 atom stereocenters. The van der Waals surface area contributed by atoms with Crippen molar-refractivity contribution < 1.29 is 28.2 Å². The Morgan fingerprint density at radius 2 is 1.65 bits per heavy atom. The molecular weight excluding hydrogens is 401 g/mol. The molecule has 0 saturated carbocycles. The normalized spacial score (nSPS) is 15.4. The third kappa shape index (κ3) is 5.31. The standard InChI is InChI=1S/C24H24FNO5/c1-29-21-13-17(14-22(30-2)24(21)31-3)6-9-23(28)26-11-10-20(27)18(15-26)12-16-4-7-19(25)8-5-16/h4-9,12-14H,10-11,15H2,1-3H3/b9-6+,18-12+. The molecule has 1 fully saturated rings. The molecule has 0 aliphatic carbocycles. The summed E-state index contributed by atoms with van der Waals surface area (Å²) in [7, 11) is 4.57. The number of methoxy groups -OCH3 is 3. The second-order valence-electron chi connectivity index (χ2n) is 6.95. The number of carbonyl (C=O) groups is 2. The summed E-state index contributed by atoms with van der Waals surface area (Å²) >= 11 is 0. The van der Waals surface area contributed by atoms with Crippen molar-refractivity contribution in [3.63, 3.8) is 0 Å². The van der Waals surface area contributed by atoms with Crippen molar-refractivity contribution in [3.8, 4) is 17.2 Å². The number of ether oxygens (including phenoxy) is 3. The first kappa shape index (κ1) is 22.1. The Kier molecular flexibility index (Phi) is 7.07. The van der Waals surface area contributed by atoms with Crippen molar-refractivity contribution in [2.45, 2.75) is 6.42 Å². The van der Waals surface area contributed by atoms with Crippen molar-refractivity contribution in [1.82, 2.24) is 4.90 Å². The monoisotopic (exact) mass is 425 g/mol. The molecule has 1 aliphatic rings. The highest BCUT2D eigenvalue weighted by atomic mass is 19.1. The Balaban J connectivity index is 1.76. The quantitative estimate of drug-likeness (QED) is 0.660. The smallest absolute Gasteiger partial charge is 0.246 e. The lowest BCUT2D eigenvalue weighted by Gasteiger charge is -2.27. The van der Waals surface area contributed by atoms with E-state index < -0.39 is 0 Å². The zero-order valence-corrected chi connectivity index (χ0v) is 17.7. The molecule has 6 nitrogen and oxygen atoms in total. The van der Waals surface area contributed by atoms with Crippen LogP contribution in [0.5, 0.6) is 17.2 Å². The maximum absolute atomic E-state index is 13.1. The molecule has 0 spiro atoms. The highest BCUT2D eigenvalue weighted by Gasteiger charge is 2.24. The largest absolute Gasteiger partial charge is 0.493 e. The average molecular weight is 425 g/mol. The Hall–Kier alpha value is -3.61. The van der Waals surface area contributed by atoms with Crippen LogP contribution in [0.2, 0.25) is 0 Å². The van der Waals surface area contributed by atoms with Crippen molar-refractivity contribution >= 4 is 23.8 Å². The number of piperidine rings is 1. The second-order valence-corrected chi connectivity index (χ2v) is 6.95. The van der Waals surface area contributed by atoms with Gasteiger partial charge in [-0.3, -0.25) is 9.59 Å². The topological polar surface area (TPSA) is 65.1 Å². The van der Waals surface area contributed by atoms with Crippen molar-refractivity contribution in [2.75, 3.05) is 34.4 Å². The third-order valence-corrected chi connectivity index (χ3v) is 4.96. The number of benzene rings is 2. The molecule has 0 radical (unpaired) electrons. The molecule has 1 heterocycles. The van der Waals surface area contributed by atoms with Crippen LogP contribution in [0.4, 0.5) is 4.39 Å². The number of carbonyl (C=O) groups excluding carboxylic acids is 2. The highest BCUT2D eigenvalue weighted by Crippen LogP contribution is 2.38. The summed E-state index contributed by atoms with van der Waals surface area (Å²) in [4.78, 5) is 26.6. The van der Waals surface area contributed by atoms with Gasteiger partial charge in [0.1, 0.15) is 5.82 Å². The molecule has 2 aromatic rings. The van der Waals surface area contributed by atoms with Crippen molar-refractivity contribution in [1.29, 1.82) is 0 Å². The Morgan fingerprint density at radius 1 is 1.00 bits per heavy atom. The predicted octanol–water partition coefficient (Wildman–Crippen LogP) is 3.75. The number of rotatable bonds is 6. The van der Waals surface area contributed by atoms with E-state index in [1.165, 1.54) is 39.5 Å². The van der Waals surface area contributed by atoms with Gasteiger partial charge in [0.15, 0.2) is 17.3 Å². The third-order valence-electron chi connectivity index (χ3n) is 4.96. The lowest BCUT2D eigenvalue weighted by atomic mass is 10.00. The lowest BCUT2D eigenvalue weighted by Crippen LogP contribution is -2.39. The molecule has 0 N–H and O–H groups in total. The van der Waals surface area contributed by atoms with Gasteiger partial charge in [-0.1, -0.05) is 12.1 Å². The van der Waals surface area contributed by atoms with Crippen LogP contribution < -0.4 is 14.2 Å². The van der Waals surface area contributed by atoms with E-state index in [0.29, 0.717) is 40.5 Å². The van der Waals surface area contributed by atoms with Gasteiger partial charge in [-0.15, -0.1) is 0 Å². The number of nitrogens with zero attached hydrogens (tertiary/aromatic N) is 1. The molecule has 0 bridgehead atoms. The molecular formula is C24H24FNO5. The highest BCUT2D eigenvalue weighted by molar-refractivity contribution is 6.03. The van der Waals surface area contributed by atoms with Crippen molar-refractivity contribution in [3.05, 3.63) is 65.0 Å². The van der Waals surface area contributed by atoms with Crippen LogP contribution in [-0.4, -0.2) is 51.0 Å². The lowest BCUT2D eigenvalue weighted by molar-refractivity contribution is -0.128. The zero-order chi connectivity index (χ0) is 22.4. The van der Waals surface area contributed by atoms with E-state index >= 15 is 0 Å². The molecule has 1 saturated heterocycles. The molecule has 0 aromatic heterocycles. The molecule has 2 aromatic carbocycles. The average Bonchev–Trinajstić information content (AvgIpc) is 2.79. The van der Waals surface area contributed by atoms with Gasteiger partial charge in [-0.2, -0.15) is 0 Å². The fourth-order valence-electron chi connectivity index (χ4n) is 3.31. The van der Waals surface area contributed by atoms with E-state index in [1.54, 1.807) is 41.3 Å². The number of Topliss-reactive ketones (excluding diaryl/α,β-unsaturated/α-hetero) is 1. The van der Waals surface area contributed by atoms with Crippen LogP contribution in [0.3, 0.4) is 0 Å². The minimum atomic E-state index is -0.342. The molecule has 31 heavy (non-hydrogen) atoms. The van der Waals surface area contributed by atoms with Gasteiger partial charge in [0.25, 0.3) is 0 Å². The summed E-state index contributed by atoms with van der Waals surface area (Å²) in [6.45, 7) is 0.548. The SMILES string of the molecule is COc1cc(/C=C/C(=O)N2CCC(=O)/C(=C/c3ccc(F)cc3)C2)cc(OC)c1OC. The van der Waals surface area contributed by atoms with E-state index in [0.717, 1.165) is 0 Å². The first-order valence-electron chi connectivity index (χ1n) is 9.71. The minimum Gasteiger partial charge on any atom is -0.493 e. The van der Waals surface area contributed by atoms with Gasteiger partial charge in [0, 0.05) is 31.2 Å². The van der Waals surface area contributed by atoms with Crippen LogP contribution in [0, 0.1) is 5.82 Å². The van der Waals surface area contributed by atoms with E-state index in [1.807, 2.05) is 0 Å². The predicted molar refractivity (Wildman–Crippen MR) is 116 cm³/mol. The Morgan fingerprint density at radius 3 is 2.23 bits per heavy atom. The second kappa shape index (κ2) is 9.93. The zero-order valence-electron chi connectivity index (χ0n) is 17.7. The molecule has 3 rings (SSSR count). The molecule has 7 heteroatoms. The molecule has 1 amide bonds. The summed E-state index contributed by atoms with van der Waals surface area (Å²) in [5.74, 6) is 0.877.